The molecule has 114 valence electrons. The van der Waals surface area contributed by atoms with Crippen LogP contribution in [-0.2, 0) is 6.42 Å². The second-order valence-electron chi connectivity index (χ2n) is 5.11. The lowest BCUT2D eigenvalue weighted by molar-refractivity contribution is -0.694. The van der Waals surface area contributed by atoms with Crippen LogP contribution in [0.1, 0.15) is 24.4 Å². The first-order chi connectivity index (χ1) is 10.7. The third-order valence-electron chi connectivity index (χ3n) is 3.43. The van der Waals surface area contributed by atoms with E-state index in [1.54, 1.807) is 11.3 Å². The van der Waals surface area contributed by atoms with Gasteiger partial charge in [-0.15, -0.1) is 21.5 Å². The molecule has 2 heterocycles. The zero-order chi connectivity index (χ0) is 15.4. The zero-order valence-corrected chi connectivity index (χ0v) is 13.0. The molecule has 0 aliphatic rings. The second kappa shape index (κ2) is 6.81. The first-order valence-electron chi connectivity index (χ1n) is 7.17. The third kappa shape index (κ3) is 3.58. The minimum absolute atomic E-state index is 0.0988. The van der Waals surface area contributed by atoms with Gasteiger partial charge in [-0.1, -0.05) is 18.2 Å². The predicted octanol–water partition coefficient (Wildman–Crippen LogP) is 2.80. The molecular weight excluding hydrogens is 301 g/mol. The summed E-state index contributed by atoms with van der Waals surface area (Å²) >= 11 is 1.58. The normalized spacial score (nSPS) is 12.5. The lowest BCUT2D eigenvalue weighted by Crippen LogP contribution is -2.85. The molecule has 4 nitrogen and oxygen atoms in total. The molecule has 0 saturated carbocycles. The molecule has 0 amide bonds. The van der Waals surface area contributed by atoms with Gasteiger partial charge in [0.15, 0.2) is 6.04 Å². The van der Waals surface area contributed by atoms with E-state index in [0.29, 0.717) is 11.8 Å². The van der Waals surface area contributed by atoms with Crippen LogP contribution in [0.15, 0.2) is 46.2 Å². The van der Waals surface area contributed by atoms with E-state index in [4.69, 9.17) is 4.42 Å². The summed E-state index contributed by atoms with van der Waals surface area (Å²) in [6.07, 6.45) is 0.872. The minimum atomic E-state index is -0.201. The summed E-state index contributed by atoms with van der Waals surface area (Å²) in [6, 6.07) is 10.6. The van der Waals surface area contributed by atoms with Crippen LogP contribution in [0.2, 0.25) is 0 Å². The van der Waals surface area contributed by atoms with E-state index < -0.39 is 0 Å². The smallest absolute Gasteiger partial charge is 0.274 e. The molecule has 6 heteroatoms. The maximum atomic E-state index is 12.8. The summed E-state index contributed by atoms with van der Waals surface area (Å²) < 4.78 is 18.6. The van der Waals surface area contributed by atoms with Crippen molar-refractivity contribution in [1.29, 1.82) is 0 Å². The maximum Gasteiger partial charge on any atom is 0.274 e. The Morgan fingerprint density at radius 3 is 2.77 bits per heavy atom. The molecule has 0 bridgehead atoms. The standard InChI is InChI=1S/C16H16FN3OS/c1-11(18-9-8-12-4-6-13(17)7-5-12)15-19-20-16(21-15)14-3-2-10-22-14/h2-7,10-11,18H,8-9H2,1H3/p+1/t11-/m1/s1. The van der Waals surface area contributed by atoms with Crippen molar-refractivity contribution in [3.8, 4) is 10.8 Å². The van der Waals surface area contributed by atoms with Crippen LogP contribution in [0.5, 0.6) is 0 Å². The van der Waals surface area contributed by atoms with Gasteiger partial charge in [-0.3, -0.25) is 0 Å². The highest BCUT2D eigenvalue weighted by molar-refractivity contribution is 7.13. The van der Waals surface area contributed by atoms with Crippen molar-refractivity contribution in [2.75, 3.05) is 6.54 Å². The molecule has 3 aromatic rings. The fourth-order valence-corrected chi connectivity index (χ4v) is 2.81. The molecule has 0 saturated heterocycles. The average molecular weight is 318 g/mol. The van der Waals surface area contributed by atoms with Gasteiger partial charge in [0.25, 0.3) is 11.8 Å². The lowest BCUT2D eigenvalue weighted by atomic mass is 10.1. The average Bonchev–Trinajstić information content (AvgIpc) is 3.20. The monoisotopic (exact) mass is 318 g/mol. The third-order valence-corrected chi connectivity index (χ3v) is 4.29. The second-order valence-corrected chi connectivity index (χ2v) is 6.06. The van der Waals surface area contributed by atoms with Crippen LogP contribution in [0.4, 0.5) is 4.39 Å². The summed E-state index contributed by atoms with van der Waals surface area (Å²) in [4.78, 5) is 0.984. The molecule has 1 atom stereocenters. The number of benzene rings is 1. The van der Waals surface area contributed by atoms with Crippen molar-refractivity contribution >= 4 is 11.3 Å². The highest BCUT2D eigenvalue weighted by atomic mass is 32.1. The van der Waals surface area contributed by atoms with Gasteiger partial charge in [-0.05, 0) is 36.1 Å². The van der Waals surface area contributed by atoms with E-state index in [1.807, 2.05) is 36.6 Å². The van der Waals surface area contributed by atoms with Gasteiger partial charge in [0, 0.05) is 6.42 Å². The first-order valence-corrected chi connectivity index (χ1v) is 8.05. The molecule has 2 aromatic heterocycles. The molecule has 0 aliphatic carbocycles. The number of halogens is 1. The topological polar surface area (TPSA) is 55.5 Å². The van der Waals surface area contributed by atoms with Crippen LogP contribution >= 0.6 is 11.3 Å². The summed E-state index contributed by atoms with van der Waals surface area (Å²) in [6.45, 7) is 2.92. The molecule has 0 spiro atoms. The summed E-state index contributed by atoms with van der Waals surface area (Å²) in [5.74, 6) is 0.999. The number of thiophene rings is 1. The molecule has 1 aromatic carbocycles. The van der Waals surface area contributed by atoms with Gasteiger partial charge in [0.2, 0.25) is 0 Å². The van der Waals surface area contributed by atoms with Crippen LogP contribution < -0.4 is 5.32 Å². The zero-order valence-electron chi connectivity index (χ0n) is 12.2. The van der Waals surface area contributed by atoms with Crippen LogP contribution in [-0.4, -0.2) is 16.7 Å². The summed E-state index contributed by atoms with van der Waals surface area (Å²) in [5.41, 5.74) is 1.12. The quantitative estimate of drug-likeness (QED) is 0.760. The van der Waals surface area contributed by atoms with Gasteiger partial charge in [0.1, 0.15) is 5.82 Å². The van der Waals surface area contributed by atoms with Crippen molar-refractivity contribution in [1.82, 2.24) is 10.2 Å². The number of hydrogen-bond donors (Lipinski definition) is 1. The van der Waals surface area contributed by atoms with E-state index in [9.17, 15) is 4.39 Å². The molecule has 0 unspecified atom stereocenters. The first kappa shape index (κ1) is 14.9. The minimum Gasteiger partial charge on any atom is -0.414 e. The molecule has 0 aliphatic heterocycles. The molecular formula is C16H17FN3OS+. The van der Waals surface area contributed by atoms with Gasteiger partial charge in [-0.25, -0.2) is 4.39 Å². The molecule has 3 rings (SSSR count). The molecule has 2 N–H and O–H groups in total. The number of quaternary nitrogens is 1. The van der Waals surface area contributed by atoms with E-state index in [1.165, 1.54) is 12.1 Å². The van der Waals surface area contributed by atoms with Crippen molar-refractivity contribution in [3.63, 3.8) is 0 Å². The summed E-state index contributed by atoms with van der Waals surface area (Å²) in [7, 11) is 0. The number of aromatic nitrogens is 2. The van der Waals surface area contributed by atoms with E-state index in [2.05, 4.69) is 15.5 Å². The Hall–Kier alpha value is -2.05. The van der Waals surface area contributed by atoms with Crippen molar-refractivity contribution in [2.24, 2.45) is 0 Å². The Morgan fingerprint density at radius 2 is 2.05 bits per heavy atom. The highest BCUT2D eigenvalue weighted by Crippen LogP contribution is 2.23. The Balaban J connectivity index is 1.53. The SMILES string of the molecule is C[C@@H]([NH2+]CCc1ccc(F)cc1)c1nnc(-c2cccs2)o1. The van der Waals surface area contributed by atoms with Crippen molar-refractivity contribution in [2.45, 2.75) is 19.4 Å². The van der Waals surface area contributed by atoms with E-state index >= 15 is 0 Å². The fourth-order valence-electron chi connectivity index (χ4n) is 2.17. The van der Waals surface area contributed by atoms with Crippen LogP contribution in [0.3, 0.4) is 0 Å². The van der Waals surface area contributed by atoms with Crippen LogP contribution in [0.25, 0.3) is 10.8 Å². The van der Waals surface area contributed by atoms with E-state index in [0.717, 1.165) is 23.4 Å². The van der Waals surface area contributed by atoms with Crippen LogP contribution in [0, 0.1) is 5.82 Å². The van der Waals surface area contributed by atoms with Gasteiger partial charge in [0.05, 0.1) is 11.4 Å². The maximum absolute atomic E-state index is 12.8. The Bertz CT molecular complexity index is 709. The van der Waals surface area contributed by atoms with E-state index in [-0.39, 0.29) is 11.9 Å². The molecule has 0 fully saturated rings. The van der Waals surface area contributed by atoms with Gasteiger partial charge in [-0.2, -0.15) is 0 Å². The molecule has 0 radical (unpaired) electrons. The molecule has 22 heavy (non-hydrogen) atoms. The number of rotatable bonds is 6. The number of nitrogens with two attached hydrogens (primary N) is 1. The lowest BCUT2D eigenvalue weighted by Gasteiger charge is -2.06. The Morgan fingerprint density at radius 1 is 1.23 bits per heavy atom. The largest absolute Gasteiger partial charge is 0.414 e. The summed E-state index contributed by atoms with van der Waals surface area (Å²) in [5, 5.41) is 12.3. The highest BCUT2D eigenvalue weighted by Gasteiger charge is 2.17. The fraction of sp³-hybridized carbons (Fsp3) is 0.250. The van der Waals surface area contributed by atoms with Crippen molar-refractivity contribution < 1.29 is 14.1 Å². The van der Waals surface area contributed by atoms with Gasteiger partial charge < -0.3 is 9.73 Å². The van der Waals surface area contributed by atoms with Gasteiger partial charge >= 0.3 is 0 Å². The number of hydrogen-bond acceptors (Lipinski definition) is 4. The number of nitrogens with zero attached hydrogens (tertiary/aromatic N) is 2. The predicted molar refractivity (Wildman–Crippen MR) is 82.9 cm³/mol. The Labute approximate surface area is 132 Å². The Kier molecular flexibility index (Phi) is 4.60. The van der Waals surface area contributed by atoms with Crippen molar-refractivity contribution in [3.05, 3.63) is 59.0 Å².